The number of hydrogen-bond donors (Lipinski definition) is 0. The molecule has 0 bridgehead atoms. The Balaban J connectivity index is 2.11. The number of unbranched alkanes of at least 4 members (excludes halogenated alkanes) is 14. The number of ether oxygens (including phenoxy) is 2. The van der Waals surface area contributed by atoms with E-state index < -0.39 is 0 Å². The van der Waals surface area contributed by atoms with E-state index in [2.05, 4.69) is 38.1 Å². The summed E-state index contributed by atoms with van der Waals surface area (Å²) >= 11 is 0. The maximum absolute atomic E-state index is 5.39. The van der Waals surface area contributed by atoms with Gasteiger partial charge in [-0.3, -0.25) is 0 Å². The van der Waals surface area contributed by atoms with Crippen LogP contribution in [0.3, 0.4) is 0 Å². The average molecular weight is 549 g/mol. The van der Waals surface area contributed by atoms with E-state index in [-0.39, 0.29) is 0 Å². The molecule has 2 rings (SSSR count). The Morgan fingerprint density at radius 2 is 0.750 bits per heavy atom. The van der Waals surface area contributed by atoms with Crippen LogP contribution in [0.1, 0.15) is 141 Å². The first-order valence-electron chi connectivity index (χ1n) is 16.1. The van der Waals surface area contributed by atoms with E-state index in [1.54, 1.807) is 14.2 Å². The molecule has 0 atom stereocenters. The minimum atomic E-state index is 0.868. The third kappa shape index (κ3) is 14.1. The van der Waals surface area contributed by atoms with Crippen molar-refractivity contribution in [2.24, 2.45) is 10.2 Å². The maximum Gasteiger partial charge on any atom is 0.118 e. The highest BCUT2D eigenvalue weighted by Crippen LogP contribution is 2.19. The minimum Gasteiger partial charge on any atom is -0.497 e. The Morgan fingerprint density at radius 3 is 1.05 bits per heavy atom. The standard InChI is InChI=1S/C36H56N2O2/c1-5-7-9-11-13-15-17-19-21-35(31-23-27-33(39-3)28-24-31)37-38-36(32-25-29-34(40-4)30-26-32)22-20-18-16-14-12-10-8-6-2/h23-30H,5-22H2,1-4H3/b37-35-,38-36-. The molecule has 0 saturated heterocycles. The lowest BCUT2D eigenvalue weighted by atomic mass is 10.0. The van der Waals surface area contributed by atoms with Crippen molar-refractivity contribution >= 4 is 11.4 Å². The molecule has 0 aliphatic carbocycles. The van der Waals surface area contributed by atoms with Crippen molar-refractivity contribution in [3.8, 4) is 11.5 Å². The van der Waals surface area contributed by atoms with Crippen LogP contribution in [0.4, 0.5) is 0 Å². The zero-order valence-electron chi connectivity index (χ0n) is 26.1. The summed E-state index contributed by atoms with van der Waals surface area (Å²) in [6.45, 7) is 4.55. The molecule has 0 aliphatic rings. The molecule has 2 aromatic carbocycles. The van der Waals surface area contributed by atoms with Gasteiger partial charge in [0.2, 0.25) is 0 Å². The summed E-state index contributed by atoms with van der Waals surface area (Å²) in [7, 11) is 3.42. The topological polar surface area (TPSA) is 43.2 Å². The minimum absolute atomic E-state index is 0.868. The fraction of sp³-hybridized carbons (Fsp3) is 0.611. The molecule has 0 fully saturated rings. The SMILES string of the molecule is CCCCCCCCCC/C(=N/N=C(/CCCCCCCCCC)c1ccc(OC)cc1)c1ccc(OC)cc1. The fourth-order valence-corrected chi connectivity index (χ4v) is 5.04. The van der Waals surface area contributed by atoms with Crippen LogP contribution in [0.2, 0.25) is 0 Å². The lowest BCUT2D eigenvalue weighted by Gasteiger charge is -2.10. The molecule has 0 saturated carbocycles. The zero-order valence-corrected chi connectivity index (χ0v) is 26.1. The Labute approximate surface area is 245 Å². The van der Waals surface area contributed by atoms with Gasteiger partial charge in [-0.2, -0.15) is 10.2 Å². The Kier molecular flexibility index (Phi) is 18.6. The van der Waals surface area contributed by atoms with Crippen molar-refractivity contribution in [3.05, 3.63) is 59.7 Å². The van der Waals surface area contributed by atoms with Gasteiger partial charge in [0.25, 0.3) is 0 Å². The van der Waals surface area contributed by atoms with Crippen LogP contribution in [0.15, 0.2) is 58.7 Å². The molecule has 0 spiro atoms. The van der Waals surface area contributed by atoms with Gasteiger partial charge in [0.1, 0.15) is 11.5 Å². The number of benzene rings is 2. The van der Waals surface area contributed by atoms with Crippen molar-refractivity contribution in [1.82, 2.24) is 0 Å². The van der Waals surface area contributed by atoms with E-state index >= 15 is 0 Å². The normalized spacial score (nSPS) is 12.1. The fourth-order valence-electron chi connectivity index (χ4n) is 5.04. The summed E-state index contributed by atoms with van der Waals surface area (Å²) in [5.74, 6) is 1.74. The monoisotopic (exact) mass is 548 g/mol. The molecule has 0 amide bonds. The van der Waals surface area contributed by atoms with E-state index in [1.165, 1.54) is 89.9 Å². The first-order valence-corrected chi connectivity index (χ1v) is 16.1. The number of nitrogens with zero attached hydrogens (tertiary/aromatic N) is 2. The molecule has 0 unspecified atom stereocenters. The largest absolute Gasteiger partial charge is 0.497 e. The van der Waals surface area contributed by atoms with Crippen LogP contribution in [-0.2, 0) is 0 Å². The van der Waals surface area contributed by atoms with Gasteiger partial charge in [0.05, 0.1) is 25.6 Å². The van der Waals surface area contributed by atoms with Crippen molar-refractivity contribution < 1.29 is 9.47 Å². The van der Waals surface area contributed by atoms with Gasteiger partial charge in [-0.05, 0) is 85.3 Å². The average Bonchev–Trinajstić information content (AvgIpc) is 3.00. The van der Waals surface area contributed by atoms with Crippen LogP contribution in [-0.4, -0.2) is 25.6 Å². The predicted molar refractivity (Wildman–Crippen MR) is 174 cm³/mol. The van der Waals surface area contributed by atoms with Crippen molar-refractivity contribution in [3.63, 3.8) is 0 Å². The van der Waals surface area contributed by atoms with Crippen LogP contribution in [0.5, 0.6) is 11.5 Å². The molecule has 222 valence electrons. The molecule has 0 aliphatic heterocycles. The van der Waals surface area contributed by atoms with Gasteiger partial charge in [-0.1, -0.05) is 104 Å². The van der Waals surface area contributed by atoms with E-state index in [4.69, 9.17) is 19.7 Å². The zero-order chi connectivity index (χ0) is 28.7. The van der Waals surface area contributed by atoms with Crippen LogP contribution < -0.4 is 9.47 Å². The van der Waals surface area contributed by atoms with Crippen molar-refractivity contribution in [2.75, 3.05) is 14.2 Å². The molecule has 0 heterocycles. The van der Waals surface area contributed by atoms with Gasteiger partial charge in [0, 0.05) is 0 Å². The molecule has 2 aromatic rings. The molecule has 4 heteroatoms. The van der Waals surface area contributed by atoms with E-state index in [1.807, 2.05) is 24.3 Å². The Morgan fingerprint density at radius 1 is 0.450 bits per heavy atom. The van der Waals surface area contributed by atoms with Gasteiger partial charge < -0.3 is 9.47 Å². The van der Waals surface area contributed by atoms with Gasteiger partial charge in [-0.15, -0.1) is 0 Å². The summed E-state index contributed by atoms with van der Waals surface area (Å²) in [5.41, 5.74) is 4.40. The Bertz CT molecular complexity index is 868. The quantitative estimate of drug-likeness (QED) is 0.0787. The third-order valence-corrected chi connectivity index (χ3v) is 7.67. The number of hydrogen-bond acceptors (Lipinski definition) is 4. The second-order valence-electron chi connectivity index (χ2n) is 11.0. The molecule has 0 aromatic heterocycles. The lowest BCUT2D eigenvalue weighted by molar-refractivity contribution is 0.414. The molecule has 0 N–H and O–H groups in total. The van der Waals surface area contributed by atoms with E-state index in [9.17, 15) is 0 Å². The molecule has 40 heavy (non-hydrogen) atoms. The highest BCUT2D eigenvalue weighted by molar-refractivity contribution is 6.03. The molecular formula is C36H56N2O2. The van der Waals surface area contributed by atoms with Crippen LogP contribution in [0, 0.1) is 0 Å². The summed E-state index contributed by atoms with van der Waals surface area (Å²) in [6.07, 6.45) is 22.8. The number of methoxy groups -OCH3 is 2. The van der Waals surface area contributed by atoms with Gasteiger partial charge in [0.15, 0.2) is 0 Å². The maximum atomic E-state index is 5.39. The van der Waals surface area contributed by atoms with Gasteiger partial charge in [-0.25, -0.2) is 0 Å². The summed E-state index contributed by atoms with van der Waals surface area (Å²) in [6, 6.07) is 16.5. The van der Waals surface area contributed by atoms with Gasteiger partial charge >= 0.3 is 0 Å². The highest BCUT2D eigenvalue weighted by Gasteiger charge is 2.08. The van der Waals surface area contributed by atoms with Crippen molar-refractivity contribution in [1.29, 1.82) is 0 Å². The second-order valence-corrected chi connectivity index (χ2v) is 11.0. The molecular weight excluding hydrogens is 492 g/mol. The van der Waals surface area contributed by atoms with Crippen LogP contribution >= 0.6 is 0 Å². The van der Waals surface area contributed by atoms with Crippen molar-refractivity contribution in [2.45, 2.75) is 129 Å². The smallest absolute Gasteiger partial charge is 0.118 e. The Hall–Kier alpha value is -2.62. The van der Waals surface area contributed by atoms with Crippen LogP contribution in [0.25, 0.3) is 0 Å². The summed E-state index contributed by atoms with van der Waals surface area (Å²) in [4.78, 5) is 0. The first kappa shape index (κ1) is 33.6. The lowest BCUT2D eigenvalue weighted by Crippen LogP contribution is -2.04. The summed E-state index contributed by atoms with van der Waals surface area (Å²) in [5, 5.41) is 9.82. The van der Waals surface area contributed by atoms with E-state index in [0.717, 1.165) is 59.7 Å². The second kappa shape index (κ2) is 22.1. The molecule has 4 nitrogen and oxygen atoms in total. The van der Waals surface area contributed by atoms with E-state index in [0.29, 0.717) is 0 Å². The first-order chi connectivity index (χ1) is 19.7. The number of rotatable bonds is 23. The predicted octanol–water partition coefficient (Wildman–Crippen LogP) is 11.0. The third-order valence-electron chi connectivity index (χ3n) is 7.67. The summed E-state index contributed by atoms with van der Waals surface area (Å²) < 4.78 is 10.8. The highest BCUT2D eigenvalue weighted by atomic mass is 16.5. The molecule has 0 radical (unpaired) electrons.